The van der Waals surface area contributed by atoms with Crippen molar-refractivity contribution in [3.05, 3.63) is 40.7 Å². The predicted molar refractivity (Wildman–Crippen MR) is 94.3 cm³/mol. The first-order valence-electron chi connectivity index (χ1n) is 8.30. The fraction of sp³-hybridized carbons (Fsp3) is 0.375. The minimum atomic E-state index is -3.83. The molecule has 9 nitrogen and oxygen atoms in total. The first kappa shape index (κ1) is 17.9. The maximum Gasteiger partial charge on any atom is 0.242 e. The minimum absolute atomic E-state index is 0.0436. The highest BCUT2D eigenvalue weighted by Crippen LogP contribution is 2.47. The number of halogens is 1. The van der Waals surface area contributed by atoms with Crippen LogP contribution in [0, 0.1) is 0 Å². The number of aromatic nitrogens is 3. The maximum absolute atomic E-state index is 12.9. The molecule has 1 aliphatic carbocycles. The van der Waals surface area contributed by atoms with Gasteiger partial charge in [0.1, 0.15) is 12.2 Å². The maximum atomic E-state index is 12.9. The van der Waals surface area contributed by atoms with Crippen molar-refractivity contribution in [2.45, 2.75) is 42.1 Å². The lowest BCUT2D eigenvalue weighted by Gasteiger charge is -2.17. The molecule has 0 spiro atoms. The molecule has 1 aliphatic heterocycles. The number of benzene rings is 1. The average Bonchev–Trinajstić information content (AvgIpc) is 3.37. The standard InChI is InChI=1S/C16H16ClN5O4S/c17-10-1-3-11(4-2-10)27(25,26)16(5-6-16)15(24)19-7-12-13-8-18-14(23)9-22(13)21-20-12/h1-4H,5-9H2,(H,18,23)(H,19,24). The van der Waals surface area contributed by atoms with Crippen LogP contribution >= 0.6 is 11.6 Å². The molecule has 1 fully saturated rings. The normalized spacial score (nSPS) is 17.7. The Bertz CT molecular complexity index is 1030. The van der Waals surface area contributed by atoms with Gasteiger partial charge in [-0.15, -0.1) is 5.10 Å². The summed E-state index contributed by atoms with van der Waals surface area (Å²) in [6.07, 6.45) is 0.527. The number of sulfone groups is 1. The van der Waals surface area contributed by atoms with Crippen molar-refractivity contribution >= 4 is 33.3 Å². The summed E-state index contributed by atoms with van der Waals surface area (Å²) in [5.41, 5.74) is 1.20. The number of hydrogen-bond donors (Lipinski definition) is 2. The van der Waals surface area contributed by atoms with Gasteiger partial charge in [-0.3, -0.25) is 9.59 Å². The molecule has 1 aromatic heterocycles. The number of carbonyl (C=O) groups is 2. The van der Waals surface area contributed by atoms with E-state index in [1.807, 2.05) is 0 Å². The van der Waals surface area contributed by atoms with Crippen LogP contribution in [0.25, 0.3) is 0 Å². The van der Waals surface area contributed by atoms with E-state index in [-0.39, 0.29) is 43.3 Å². The molecule has 0 saturated heterocycles. The first-order chi connectivity index (χ1) is 12.8. The minimum Gasteiger partial charge on any atom is -0.349 e. The average molecular weight is 410 g/mol. The van der Waals surface area contributed by atoms with Crippen molar-refractivity contribution in [2.24, 2.45) is 0 Å². The molecule has 2 N–H and O–H groups in total. The fourth-order valence-electron chi connectivity index (χ4n) is 3.10. The highest BCUT2D eigenvalue weighted by Gasteiger charge is 2.61. The van der Waals surface area contributed by atoms with Gasteiger partial charge in [0.25, 0.3) is 0 Å². The lowest BCUT2D eigenvalue weighted by molar-refractivity contribution is -0.123. The molecule has 1 saturated carbocycles. The zero-order valence-corrected chi connectivity index (χ0v) is 15.7. The second-order valence-corrected chi connectivity index (χ2v) is 9.25. The second kappa shape index (κ2) is 6.31. The molecule has 4 rings (SSSR count). The van der Waals surface area contributed by atoms with Gasteiger partial charge in [-0.05, 0) is 37.1 Å². The Kier molecular flexibility index (Phi) is 4.19. The predicted octanol–water partition coefficient (Wildman–Crippen LogP) is 0.184. The molecule has 27 heavy (non-hydrogen) atoms. The van der Waals surface area contributed by atoms with E-state index in [0.717, 1.165) is 0 Å². The fourth-order valence-corrected chi connectivity index (χ4v) is 5.12. The molecule has 142 valence electrons. The molecule has 11 heteroatoms. The molecule has 0 radical (unpaired) electrons. The van der Waals surface area contributed by atoms with E-state index in [2.05, 4.69) is 20.9 Å². The van der Waals surface area contributed by atoms with Crippen LogP contribution in [-0.4, -0.2) is 40.0 Å². The molecule has 1 aromatic carbocycles. The Labute approximate surface area is 160 Å². The summed E-state index contributed by atoms with van der Waals surface area (Å²) < 4.78 is 25.8. The number of hydrogen-bond acceptors (Lipinski definition) is 6. The van der Waals surface area contributed by atoms with Gasteiger partial charge in [0, 0.05) is 5.02 Å². The van der Waals surface area contributed by atoms with Gasteiger partial charge in [-0.2, -0.15) is 0 Å². The second-order valence-electron chi connectivity index (χ2n) is 6.55. The van der Waals surface area contributed by atoms with Crippen molar-refractivity contribution < 1.29 is 18.0 Å². The van der Waals surface area contributed by atoms with Gasteiger partial charge >= 0.3 is 0 Å². The van der Waals surface area contributed by atoms with Gasteiger partial charge in [0.15, 0.2) is 14.6 Å². The van der Waals surface area contributed by atoms with E-state index in [1.54, 1.807) is 0 Å². The molecule has 0 atom stereocenters. The molecule has 2 aromatic rings. The van der Waals surface area contributed by atoms with E-state index in [9.17, 15) is 18.0 Å². The van der Waals surface area contributed by atoms with Gasteiger partial charge in [-0.1, -0.05) is 16.8 Å². The number of nitrogens with one attached hydrogen (secondary N) is 2. The monoisotopic (exact) mass is 409 g/mol. The molecule has 0 unspecified atom stereocenters. The zero-order chi connectivity index (χ0) is 19.2. The zero-order valence-electron chi connectivity index (χ0n) is 14.1. The summed E-state index contributed by atoms with van der Waals surface area (Å²) in [6.45, 7) is 0.387. The third kappa shape index (κ3) is 2.98. The van der Waals surface area contributed by atoms with Crippen molar-refractivity contribution in [1.82, 2.24) is 25.6 Å². The van der Waals surface area contributed by atoms with E-state index in [1.165, 1.54) is 28.9 Å². The lowest BCUT2D eigenvalue weighted by atomic mass is 10.2. The molecular formula is C16H16ClN5O4S. The number of nitrogens with zero attached hydrogens (tertiary/aromatic N) is 3. The van der Waals surface area contributed by atoms with E-state index in [4.69, 9.17) is 11.6 Å². The van der Waals surface area contributed by atoms with Crippen LogP contribution in [0.3, 0.4) is 0 Å². The Morgan fingerprint density at radius 3 is 2.67 bits per heavy atom. The number of rotatable bonds is 5. The van der Waals surface area contributed by atoms with E-state index < -0.39 is 20.5 Å². The Morgan fingerprint density at radius 2 is 2.00 bits per heavy atom. The van der Waals surface area contributed by atoms with Crippen molar-refractivity contribution in [1.29, 1.82) is 0 Å². The van der Waals surface area contributed by atoms with Crippen molar-refractivity contribution in [3.63, 3.8) is 0 Å². The summed E-state index contributed by atoms with van der Waals surface area (Å²) in [5, 5.41) is 13.6. The first-order valence-corrected chi connectivity index (χ1v) is 10.2. The topological polar surface area (TPSA) is 123 Å². The highest BCUT2D eigenvalue weighted by atomic mass is 35.5. The Hall–Kier alpha value is -2.46. The third-order valence-corrected chi connectivity index (χ3v) is 7.60. The summed E-state index contributed by atoms with van der Waals surface area (Å²) in [4.78, 5) is 24.1. The van der Waals surface area contributed by atoms with Crippen molar-refractivity contribution in [2.75, 3.05) is 0 Å². The van der Waals surface area contributed by atoms with Crippen LogP contribution in [0.1, 0.15) is 24.2 Å². The smallest absolute Gasteiger partial charge is 0.242 e. The molecule has 2 heterocycles. The molecule has 2 aliphatic rings. The van der Waals surface area contributed by atoms with Crippen LogP contribution in [0.2, 0.25) is 5.02 Å². The van der Waals surface area contributed by atoms with E-state index >= 15 is 0 Å². The molecule has 0 bridgehead atoms. The molecular weight excluding hydrogens is 394 g/mol. The van der Waals surface area contributed by atoms with E-state index in [0.29, 0.717) is 16.4 Å². The SMILES string of the molecule is O=C1Cn2nnc(CNC(=O)C3(S(=O)(=O)c4ccc(Cl)cc4)CC3)c2CN1. The molecule has 2 amide bonds. The van der Waals surface area contributed by atoms with Crippen LogP contribution in [0.15, 0.2) is 29.2 Å². The quantitative estimate of drug-likeness (QED) is 0.726. The van der Waals surface area contributed by atoms with Gasteiger partial charge < -0.3 is 10.6 Å². The van der Waals surface area contributed by atoms with Crippen LogP contribution in [0.5, 0.6) is 0 Å². The van der Waals surface area contributed by atoms with Crippen LogP contribution in [0.4, 0.5) is 0 Å². The Balaban J connectivity index is 1.50. The Morgan fingerprint density at radius 1 is 1.30 bits per heavy atom. The lowest BCUT2D eigenvalue weighted by Crippen LogP contribution is -2.42. The van der Waals surface area contributed by atoms with Gasteiger partial charge in [0.2, 0.25) is 11.8 Å². The number of amides is 2. The van der Waals surface area contributed by atoms with Crippen LogP contribution < -0.4 is 10.6 Å². The summed E-state index contributed by atoms with van der Waals surface area (Å²) in [7, 11) is -3.83. The third-order valence-electron chi connectivity index (χ3n) is 4.84. The highest BCUT2D eigenvalue weighted by molar-refractivity contribution is 7.94. The number of carbonyl (C=O) groups excluding carboxylic acids is 2. The summed E-state index contributed by atoms with van der Waals surface area (Å²) in [6, 6.07) is 5.78. The van der Waals surface area contributed by atoms with Crippen LogP contribution in [-0.2, 0) is 39.1 Å². The number of fused-ring (bicyclic) bond motifs is 1. The van der Waals surface area contributed by atoms with Gasteiger partial charge in [-0.25, -0.2) is 13.1 Å². The summed E-state index contributed by atoms with van der Waals surface area (Å²) >= 11 is 5.81. The van der Waals surface area contributed by atoms with Crippen molar-refractivity contribution in [3.8, 4) is 0 Å². The summed E-state index contributed by atoms with van der Waals surface area (Å²) in [5.74, 6) is -0.715. The largest absolute Gasteiger partial charge is 0.349 e. The van der Waals surface area contributed by atoms with Gasteiger partial charge in [0.05, 0.1) is 23.7 Å².